The number of anilines is 1. The van der Waals surface area contributed by atoms with Gasteiger partial charge >= 0.3 is 0 Å². The molecule has 94 valence electrons. The molecule has 0 saturated heterocycles. The van der Waals surface area contributed by atoms with E-state index < -0.39 is 0 Å². The molecule has 6 heteroatoms. The summed E-state index contributed by atoms with van der Waals surface area (Å²) in [4.78, 5) is 20.2. The Balaban J connectivity index is 1.97. The zero-order valence-corrected chi connectivity index (χ0v) is 9.82. The number of aromatic nitrogens is 3. The molecule has 0 atom stereocenters. The Morgan fingerprint density at radius 3 is 2.89 bits per heavy atom. The first-order valence-electron chi connectivity index (χ1n) is 5.63. The number of rotatable bonds is 2. The van der Waals surface area contributed by atoms with E-state index >= 15 is 0 Å². The van der Waals surface area contributed by atoms with Crippen LogP contribution in [0.5, 0.6) is 5.75 Å². The number of carbonyl (C=O) groups excluding carboxylic acids is 1. The van der Waals surface area contributed by atoms with Crippen molar-refractivity contribution in [1.29, 1.82) is 0 Å². The number of hydrogen-bond acceptors (Lipinski definition) is 4. The number of fused-ring (bicyclic) bond motifs is 1. The van der Waals surface area contributed by atoms with Crippen LogP contribution in [0.25, 0.3) is 5.65 Å². The summed E-state index contributed by atoms with van der Waals surface area (Å²) < 4.78 is 1.74. The van der Waals surface area contributed by atoms with Gasteiger partial charge in [0.25, 0.3) is 5.91 Å². The number of nitrogens with zero attached hydrogens (tertiary/aromatic N) is 3. The summed E-state index contributed by atoms with van der Waals surface area (Å²) in [7, 11) is 0. The van der Waals surface area contributed by atoms with Crippen LogP contribution < -0.4 is 5.32 Å². The van der Waals surface area contributed by atoms with Crippen LogP contribution in [0.4, 0.5) is 5.82 Å². The molecule has 19 heavy (non-hydrogen) atoms. The summed E-state index contributed by atoms with van der Waals surface area (Å²) >= 11 is 0. The Hall–Kier alpha value is -2.89. The van der Waals surface area contributed by atoms with Crippen molar-refractivity contribution in [3.8, 4) is 5.75 Å². The summed E-state index contributed by atoms with van der Waals surface area (Å²) in [5.74, 6) is -0.321. The first-order chi connectivity index (χ1) is 9.25. The molecule has 3 aromatic heterocycles. The Labute approximate surface area is 108 Å². The van der Waals surface area contributed by atoms with Crippen molar-refractivity contribution in [2.75, 3.05) is 5.32 Å². The number of aromatic hydroxyl groups is 1. The molecule has 0 saturated carbocycles. The van der Waals surface area contributed by atoms with E-state index in [1.165, 1.54) is 12.3 Å². The Morgan fingerprint density at radius 1 is 1.16 bits per heavy atom. The average Bonchev–Trinajstić information content (AvgIpc) is 2.89. The lowest BCUT2D eigenvalue weighted by Crippen LogP contribution is -2.14. The van der Waals surface area contributed by atoms with E-state index in [1.54, 1.807) is 41.2 Å². The first kappa shape index (κ1) is 11.2. The van der Waals surface area contributed by atoms with Crippen LogP contribution in [0.15, 0.2) is 49.1 Å². The van der Waals surface area contributed by atoms with E-state index in [2.05, 4.69) is 15.3 Å². The topological polar surface area (TPSA) is 79.5 Å². The van der Waals surface area contributed by atoms with Crippen LogP contribution in [0.1, 0.15) is 10.4 Å². The number of hydrogen-bond donors (Lipinski definition) is 2. The molecule has 1 amide bonds. The van der Waals surface area contributed by atoms with Gasteiger partial charge in [0.15, 0.2) is 11.6 Å². The molecule has 0 aromatic carbocycles. The minimum Gasteiger partial charge on any atom is -0.504 e. The summed E-state index contributed by atoms with van der Waals surface area (Å²) in [5.41, 5.74) is 0.966. The van der Waals surface area contributed by atoms with E-state index in [-0.39, 0.29) is 17.5 Å². The molecule has 0 spiro atoms. The third-order valence-electron chi connectivity index (χ3n) is 2.68. The quantitative estimate of drug-likeness (QED) is 0.729. The van der Waals surface area contributed by atoms with Crippen molar-refractivity contribution in [1.82, 2.24) is 14.4 Å². The highest BCUT2D eigenvalue weighted by Crippen LogP contribution is 2.19. The van der Waals surface area contributed by atoms with Gasteiger partial charge in [0, 0.05) is 24.8 Å². The monoisotopic (exact) mass is 254 g/mol. The number of carbonyl (C=O) groups is 1. The van der Waals surface area contributed by atoms with Crippen molar-refractivity contribution in [2.24, 2.45) is 0 Å². The van der Waals surface area contributed by atoms with Gasteiger partial charge in [0.05, 0.1) is 5.56 Å². The molecule has 3 aromatic rings. The SMILES string of the molecule is O=C(Nc1ncccc1O)c1cccn2ccnc12. The summed E-state index contributed by atoms with van der Waals surface area (Å²) in [6.07, 6.45) is 6.66. The first-order valence-corrected chi connectivity index (χ1v) is 5.63. The normalized spacial score (nSPS) is 10.5. The maximum absolute atomic E-state index is 12.2. The molecule has 0 bridgehead atoms. The second kappa shape index (κ2) is 4.41. The second-order valence-corrected chi connectivity index (χ2v) is 3.91. The van der Waals surface area contributed by atoms with E-state index in [1.807, 2.05) is 0 Å². The van der Waals surface area contributed by atoms with Gasteiger partial charge in [-0.05, 0) is 24.3 Å². The average molecular weight is 254 g/mol. The molecule has 0 aliphatic rings. The summed E-state index contributed by atoms with van der Waals surface area (Å²) in [6, 6.07) is 6.46. The van der Waals surface area contributed by atoms with Crippen LogP contribution in [-0.4, -0.2) is 25.4 Å². The second-order valence-electron chi connectivity index (χ2n) is 3.91. The van der Waals surface area contributed by atoms with Gasteiger partial charge in [0.1, 0.15) is 5.65 Å². The van der Waals surface area contributed by atoms with Crippen LogP contribution in [0.2, 0.25) is 0 Å². The van der Waals surface area contributed by atoms with Gasteiger partial charge in [-0.25, -0.2) is 9.97 Å². The van der Waals surface area contributed by atoms with Crippen LogP contribution in [0.3, 0.4) is 0 Å². The zero-order chi connectivity index (χ0) is 13.2. The highest BCUT2D eigenvalue weighted by atomic mass is 16.3. The van der Waals surface area contributed by atoms with Gasteiger partial charge in [0.2, 0.25) is 0 Å². The fraction of sp³-hybridized carbons (Fsp3) is 0. The van der Waals surface area contributed by atoms with Gasteiger partial charge in [-0.15, -0.1) is 0 Å². The molecule has 3 heterocycles. The summed E-state index contributed by atoms with van der Waals surface area (Å²) in [6.45, 7) is 0. The maximum Gasteiger partial charge on any atom is 0.260 e. The van der Waals surface area contributed by atoms with Gasteiger partial charge in [-0.2, -0.15) is 0 Å². The third-order valence-corrected chi connectivity index (χ3v) is 2.68. The van der Waals surface area contributed by atoms with Crippen molar-refractivity contribution in [3.63, 3.8) is 0 Å². The molecule has 6 nitrogen and oxygen atoms in total. The predicted molar refractivity (Wildman–Crippen MR) is 69.0 cm³/mol. The molecule has 0 fully saturated rings. The molecular formula is C13H10N4O2. The molecule has 0 unspecified atom stereocenters. The molecular weight excluding hydrogens is 244 g/mol. The zero-order valence-electron chi connectivity index (χ0n) is 9.82. The third kappa shape index (κ3) is 1.99. The minimum absolute atomic E-state index is 0.0776. The highest BCUT2D eigenvalue weighted by molar-refractivity contribution is 6.08. The Bertz CT molecular complexity index is 751. The lowest BCUT2D eigenvalue weighted by atomic mass is 10.2. The van der Waals surface area contributed by atoms with Gasteiger partial charge in [-0.1, -0.05) is 0 Å². The Morgan fingerprint density at radius 2 is 2.05 bits per heavy atom. The highest BCUT2D eigenvalue weighted by Gasteiger charge is 2.13. The van der Waals surface area contributed by atoms with Gasteiger partial charge in [-0.3, -0.25) is 4.79 Å². The largest absolute Gasteiger partial charge is 0.504 e. The van der Waals surface area contributed by atoms with E-state index in [9.17, 15) is 9.90 Å². The fourth-order valence-electron chi connectivity index (χ4n) is 1.79. The smallest absolute Gasteiger partial charge is 0.260 e. The van der Waals surface area contributed by atoms with Crippen LogP contribution in [0, 0.1) is 0 Å². The lowest BCUT2D eigenvalue weighted by Gasteiger charge is -2.06. The summed E-state index contributed by atoms with van der Waals surface area (Å²) in [5, 5.41) is 12.1. The number of amides is 1. The van der Waals surface area contributed by atoms with Crippen molar-refractivity contribution < 1.29 is 9.90 Å². The molecule has 0 aliphatic carbocycles. The Kier molecular flexibility index (Phi) is 2.60. The molecule has 2 N–H and O–H groups in total. The molecule has 0 aliphatic heterocycles. The van der Waals surface area contributed by atoms with Crippen molar-refractivity contribution >= 4 is 17.4 Å². The minimum atomic E-state index is -0.370. The van der Waals surface area contributed by atoms with Crippen LogP contribution in [-0.2, 0) is 0 Å². The van der Waals surface area contributed by atoms with E-state index in [0.717, 1.165) is 0 Å². The van der Waals surface area contributed by atoms with Crippen molar-refractivity contribution in [3.05, 3.63) is 54.6 Å². The number of pyridine rings is 2. The van der Waals surface area contributed by atoms with Crippen LogP contribution >= 0.6 is 0 Å². The number of imidazole rings is 1. The van der Waals surface area contributed by atoms with Gasteiger partial charge < -0.3 is 14.8 Å². The maximum atomic E-state index is 12.2. The van der Waals surface area contributed by atoms with E-state index in [0.29, 0.717) is 11.2 Å². The molecule has 0 radical (unpaired) electrons. The van der Waals surface area contributed by atoms with Crippen molar-refractivity contribution in [2.45, 2.75) is 0 Å². The predicted octanol–water partition coefficient (Wildman–Crippen LogP) is 1.69. The fourth-order valence-corrected chi connectivity index (χ4v) is 1.79. The molecule has 3 rings (SSSR count). The lowest BCUT2D eigenvalue weighted by molar-refractivity contribution is 0.102. The standard InChI is InChI=1S/C13H10N4O2/c18-10-4-1-5-14-11(10)16-13(19)9-3-2-7-17-8-6-15-12(9)17/h1-8,18H,(H,14,16,19). The number of nitrogens with one attached hydrogen (secondary N) is 1. The van der Waals surface area contributed by atoms with E-state index in [4.69, 9.17) is 0 Å².